The molecule has 2 N–H and O–H groups in total. The van der Waals surface area contributed by atoms with Crippen LogP contribution in [-0.4, -0.2) is 38.3 Å². The zero-order chi connectivity index (χ0) is 19.1. The van der Waals surface area contributed by atoms with E-state index in [9.17, 15) is 9.59 Å². The number of amides is 1. The van der Waals surface area contributed by atoms with Gasteiger partial charge >= 0.3 is 5.97 Å². The van der Waals surface area contributed by atoms with E-state index in [1.807, 2.05) is 0 Å². The predicted molar refractivity (Wildman–Crippen MR) is 96.5 cm³/mol. The monoisotopic (exact) mass is 359 g/mol. The van der Waals surface area contributed by atoms with Gasteiger partial charge in [-0.3, -0.25) is 9.59 Å². The van der Waals surface area contributed by atoms with Crippen LogP contribution < -0.4 is 19.5 Å². The van der Waals surface area contributed by atoms with E-state index < -0.39 is 5.97 Å². The summed E-state index contributed by atoms with van der Waals surface area (Å²) in [6.07, 6.45) is 0.508. The van der Waals surface area contributed by atoms with Crippen LogP contribution in [0, 0.1) is 0 Å². The van der Waals surface area contributed by atoms with Crippen molar-refractivity contribution in [3.05, 3.63) is 47.5 Å². The fraction of sp³-hybridized carbons (Fsp3) is 0.263. The number of hydrogen-bond acceptors (Lipinski definition) is 5. The van der Waals surface area contributed by atoms with Gasteiger partial charge in [-0.25, -0.2) is 0 Å². The summed E-state index contributed by atoms with van der Waals surface area (Å²) in [6.45, 7) is 0. The zero-order valence-electron chi connectivity index (χ0n) is 14.9. The fourth-order valence-electron chi connectivity index (χ4n) is 2.42. The number of hydrogen-bond donors (Lipinski definition) is 2. The molecule has 138 valence electrons. The first-order valence-electron chi connectivity index (χ1n) is 7.90. The normalized spacial score (nSPS) is 10.1. The SMILES string of the molecule is COc1cc(C(=O)Nc2ccc(CCC(=O)O)cc2)cc(OC)c1OC. The van der Waals surface area contributed by atoms with Crippen molar-refractivity contribution in [3.63, 3.8) is 0 Å². The lowest BCUT2D eigenvalue weighted by atomic mass is 10.1. The van der Waals surface area contributed by atoms with Crippen LogP contribution in [0.3, 0.4) is 0 Å². The Bertz CT molecular complexity index is 760. The van der Waals surface area contributed by atoms with Gasteiger partial charge in [-0.05, 0) is 36.2 Å². The summed E-state index contributed by atoms with van der Waals surface area (Å²) in [4.78, 5) is 23.1. The van der Waals surface area contributed by atoms with Crippen LogP contribution in [0.4, 0.5) is 5.69 Å². The topological polar surface area (TPSA) is 94.1 Å². The van der Waals surface area contributed by atoms with Gasteiger partial charge in [-0.1, -0.05) is 12.1 Å². The second kappa shape index (κ2) is 8.75. The smallest absolute Gasteiger partial charge is 0.303 e. The Hall–Kier alpha value is -3.22. The lowest BCUT2D eigenvalue weighted by Crippen LogP contribution is -2.12. The average Bonchev–Trinajstić information content (AvgIpc) is 2.65. The van der Waals surface area contributed by atoms with Gasteiger partial charge in [-0.2, -0.15) is 0 Å². The lowest BCUT2D eigenvalue weighted by molar-refractivity contribution is -0.136. The maximum atomic E-state index is 12.5. The minimum atomic E-state index is -0.843. The van der Waals surface area contributed by atoms with E-state index in [-0.39, 0.29) is 12.3 Å². The molecule has 0 radical (unpaired) electrons. The molecule has 2 aromatic rings. The van der Waals surface area contributed by atoms with Gasteiger partial charge in [0.05, 0.1) is 21.3 Å². The molecule has 0 heterocycles. The third-order valence-electron chi connectivity index (χ3n) is 3.77. The van der Waals surface area contributed by atoms with E-state index in [1.165, 1.54) is 21.3 Å². The number of ether oxygens (including phenoxy) is 3. The maximum absolute atomic E-state index is 12.5. The molecule has 7 heteroatoms. The summed E-state index contributed by atoms with van der Waals surface area (Å²) in [6, 6.07) is 10.2. The van der Waals surface area contributed by atoms with Crippen LogP contribution in [-0.2, 0) is 11.2 Å². The van der Waals surface area contributed by atoms with Gasteiger partial charge < -0.3 is 24.6 Å². The molecule has 0 aromatic heterocycles. The largest absolute Gasteiger partial charge is 0.493 e. The van der Waals surface area contributed by atoms with Crippen LogP contribution in [0.15, 0.2) is 36.4 Å². The van der Waals surface area contributed by atoms with E-state index in [0.717, 1.165) is 5.56 Å². The summed E-state index contributed by atoms with van der Waals surface area (Å²) in [7, 11) is 4.45. The Balaban J connectivity index is 2.15. The van der Waals surface area contributed by atoms with Crippen LogP contribution in [0.2, 0.25) is 0 Å². The van der Waals surface area contributed by atoms with Crippen LogP contribution in [0.25, 0.3) is 0 Å². The summed E-state index contributed by atoms with van der Waals surface area (Å²) >= 11 is 0. The van der Waals surface area contributed by atoms with Crippen molar-refractivity contribution in [3.8, 4) is 17.2 Å². The number of carbonyl (C=O) groups excluding carboxylic acids is 1. The highest BCUT2D eigenvalue weighted by Crippen LogP contribution is 2.38. The molecule has 2 rings (SSSR count). The molecular weight excluding hydrogens is 338 g/mol. The molecule has 0 aliphatic heterocycles. The molecule has 1 amide bonds. The van der Waals surface area contributed by atoms with Crippen molar-refractivity contribution in [1.82, 2.24) is 0 Å². The zero-order valence-corrected chi connectivity index (χ0v) is 14.9. The summed E-state index contributed by atoms with van der Waals surface area (Å²) in [5, 5.41) is 11.5. The molecule has 0 spiro atoms. The number of methoxy groups -OCH3 is 3. The molecule has 0 atom stereocenters. The van der Waals surface area contributed by atoms with Gasteiger partial charge in [0.15, 0.2) is 11.5 Å². The summed E-state index contributed by atoms with van der Waals surface area (Å²) < 4.78 is 15.7. The molecule has 0 saturated carbocycles. The molecule has 0 aliphatic carbocycles. The number of carbonyl (C=O) groups is 2. The number of carboxylic acid groups (broad SMARTS) is 1. The Kier molecular flexibility index (Phi) is 6.43. The second-order valence-corrected chi connectivity index (χ2v) is 5.46. The summed E-state index contributed by atoms with van der Waals surface area (Å²) in [5.74, 6) is 0.0173. The standard InChI is InChI=1S/C19H21NO6/c1-24-15-10-13(11-16(25-2)18(15)26-3)19(23)20-14-7-4-12(5-8-14)6-9-17(21)22/h4-5,7-8,10-11H,6,9H2,1-3H3,(H,20,23)(H,21,22). The number of anilines is 1. The molecule has 2 aromatic carbocycles. The first kappa shape index (κ1) is 19.1. The minimum Gasteiger partial charge on any atom is -0.493 e. The van der Waals surface area contributed by atoms with Crippen molar-refractivity contribution in [2.24, 2.45) is 0 Å². The minimum absolute atomic E-state index is 0.0666. The Labute approximate surface area is 151 Å². The summed E-state index contributed by atoms with van der Waals surface area (Å²) in [5.41, 5.74) is 1.84. The van der Waals surface area contributed by atoms with Crippen molar-refractivity contribution < 1.29 is 28.9 Å². The molecule has 7 nitrogen and oxygen atoms in total. The van der Waals surface area contributed by atoms with E-state index in [0.29, 0.717) is 34.9 Å². The van der Waals surface area contributed by atoms with E-state index in [1.54, 1.807) is 36.4 Å². The molecule has 0 saturated heterocycles. The fourth-order valence-corrected chi connectivity index (χ4v) is 2.42. The van der Waals surface area contributed by atoms with Gasteiger partial charge in [0.25, 0.3) is 5.91 Å². The van der Waals surface area contributed by atoms with Crippen molar-refractivity contribution >= 4 is 17.6 Å². The van der Waals surface area contributed by atoms with Crippen molar-refractivity contribution in [1.29, 1.82) is 0 Å². The number of rotatable bonds is 8. The molecule has 0 fully saturated rings. The Morgan fingerprint density at radius 2 is 1.54 bits per heavy atom. The van der Waals surface area contributed by atoms with Gasteiger partial charge in [0.2, 0.25) is 5.75 Å². The van der Waals surface area contributed by atoms with E-state index in [4.69, 9.17) is 19.3 Å². The van der Waals surface area contributed by atoms with Crippen molar-refractivity contribution in [2.45, 2.75) is 12.8 Å². The Morgan fingerprint density at radius 1 is 0.962 bits per heavy atom. The lowest BCUT2D eigenvalue weighted by Gasteiger charge is -2.14. The highest BCUT2D eigenvalue weighted by atomic mass is 16.5. The van der Waals surface area contributed by atoms with Gasteiger partial charge in [0.1, 0.15) is 0 Å². The van der Waals surface area contributed by atoms with E-state index >= 15 is 0 Å². The number of benzene rings is 2. The number of aryl methyl sites for hydroxylation is 1. The van der Waals surface area contributed by atoms with Gasteiger partial charge in [-0.15, -0.1) is 0 Å². The third kappa shape index (κ3) is 4.66. The van der Waals surface area contributed by atoms with E-state index in [2.05, 4.69) is 5.32 Å². The maximum Gasteiger partial charge on any atom is 0.303 e. The average molecular weight is 359 g/mol. The third-order valence-corrected chi connectivity index (χ3v) is 3.77. The van der Waals surface area contributed by atoms with Crippen molar-refractivity contribution in [2.75, 3.05) is 26.6 Å². The van der Waals surface area contributed by atoms with Crippen LogP contribution in [0.1, 0.15) is 22.3 Å². The number of carboxylic acids is 1. The first-order valence-corrected chi connectivity index (χ1v) is 7.90. The molecule has 0 bridgehead atoms. The molecule has 0 unspecified atom stereocenters. The van der Waals surface area contributed by atoms with Crippen LogP contribution in [0.5, 0.6) is 17.2 Å². The molecular formula is C19H21NO6. The number of aliphatic carboxylic acids is 1. The van der Waals surface area contributed by atoms with Gasteiger partial charge in [0, 0.05) is 17.7 Å². The highest BCUT2D eigenvalue weighted by molar-refractivity contribution is 6.05. The Morgan fingerprint density at radius 3 is 2.00 bits per heavy atom. The quantitative estimate of drug-likeness (QED) is 0.752. The van der Waals surface area contributed by atoms with Crippen LogP contribution >= 0.6 is 0 Å². The second-order valence-electron chi connectivity index (χ2n) is 5.46. The molecule has 0 aliphatic rings. The highest BCUT2D eigenvalue weighted by Gasteiger charge is 2.17. The molecule has 26 heavy (non-hydrogen) atoms. The first-order chi connectivity index (χ1) is 12.5. The predicted octanol–water partition coefficient (Wildman–Crippen LogP) is 2.98. The number of nitrogens with one attached hydrogen (secondary N) is 1.